The first-order chi connectivity index (χ1) is 9.85. The fraction of sp³-hybridized carbons (Fsp3) is 0.429. The first-order valence-electron chi connectivity index (χ1n) is 6.57. The Morgan fingerprint density at radius 1 is 1.00 bits per heavy atom. The van der Waals surface area contributed by atoms with Gasteiger partial charge in [0.1, 0.15) is 0 Å². The molecule has 0 unspecified atom stereocenters. The van der Waals surface area contributed by atoms with E-state index >= 15 is 0 Å². The summed E-state index contributed by atoms with van der Waals surface area (Å²) in [5.74, 6) is -4.30. The Morgan fingerprint density at radius 3 is 2.00 bits per heavy atom. The van der Waals surface area contributed by atoms with Crippen LogP contribution in [0.25, 0.3) is 0 Å². The molecule has 7 nitrogen and oxygen atoms in total. The van der Waals surface area contributed by atoms with Crippen LogP contribution in [-0.2, 0) is 9.53 Å². The van der Waals surface area contributed by atoms with Crippen molar-refractivity contribution in [2.75, 3.05) is 0 Å². The number of aliphatic carboxylic acids is 1. The monoisotopic (exact) mass is 296 g/mol. The number of carbonyl (C=O) groups excluding carboxylic acids is 1. The third kappa shape index (κ3) is 2.86. The lowest BCUT2D eigenvalue weighted by Gasteiger charge is -2.32. The molecule has 7 heteroatoms. The Morgan fingerprint density at radius 2 is 1.52 bits per heavy atom. The van der Waals surface area contributed by atoms with Crippen LogP contribution >= 0.6 is 0 Å². The highest BCUT2D eigenvalue weighted by Crippen LogP contribution is 2.37. The van der Waals surface area contributed by atoms with Crippen LogP contribution < -0.4 is 0 Å². The van der Waals surface area contributed by atoms with Gasteiger partial charge in [-0.3, -0.25) is 0 Å². The molecule has 0 atom stereocenters. The van der Waals surface area contributed by atoms with E-state index in [4.69, 9.17) is 4.74 Å². The van der Waals surface area contributed by atoms with Gasteiger partial charge in [0.25, 0.3) is 0 Å². The Bertz CT molecular complexity index is 550. The van der Waals surface area contributed by atoms with E-state index in [-0.39, 0.29) is 18.4 Å². The van der Waals surface area contributed by atoms with Gasteiger partial charge in [0.2, 0.25) is 5.60 Å². The zero-order chi connectivity index (χ0) is 15.6. The van der Waals surface area contributed by atoms with E-state index in [0.29, 0.717) is 12.8 Å². The molecule has 1 aromatic carbocycles. The molecule has 114 valence electrons. The van der Waals surface area contributed by atoms with Crippen LogP contribution in [0.15, 0.2) is 12.1 Å². The number of benzene rings is 1. The Hall–Kier alpha value is -2.44. The topological polar surface area (TPSA) is 124 Å². The minimum atomic E-state index is -1.57. The number of phenolic OH excluding ortho intramolecular Hbond substituents is 3. The van der Waals surface area contributed by atoms with Crippen LogP contribution in [0.4, 0.5) is 0 Å². The van der Waals surface area contributed by atoms with Crippen LogP contribution in [0.2, 0.25) is 0 Å². The first-order valence-corrected chi connectivity index (χ1v) is 6.57. The minimum Gasteiger partial charge on any atom is -0.504 e. The second-order valence-corrected chi connectivity index (χ2v) is 5.11. The molecule has 0 aliphatic heterocycles. The number of hydrogen-bond donors (Lipinski definition) is 4. The number of ether oxygens (including phenoxy) is 1. The van der Waals surface area contributed by atoms with Gasteiger partial charge in [0.15, 0.2) is 17.2 Å². The average molecular weight is 296 g/mol. The molecule has 1 aliphatic rings. The van der Waals surface area contributed by atoms with Crippen LogP contribution in [0.5, 0.6) is 17.2 Å². The van der Waals surface area contributed by atoms with Gasteiger partial charge in [-0.15, -0.1) is 0 Å². The molecule has 0 aromatic heterocycles. The molecule has 2 rings (SSSR count). The summed E-state index contributed by atoms with van der Waals surface area (Å²) >= 11 is 0. The second kappa shape index (κ2) is 5.51. The molecule has 0 bridgehead atoms. The summed E-state index contributed by atoms with van der Waals surface area (Å²) in [6.07, 6.45) is 2.62. The van der Waals surface area contributed by atoms with Crippen molar-refractivity contribution in [3.8, 4) is 17.2 Å². The summed E-state index contributed by atoms with van der Waals surface area (Å²) in [5, 5.41) is 37.3. The number of carboxylic acid groups (broad SMARTS) is 1. The van der Waals surface area contributed by atoms with E-state index in [1.54, 1.807) is 0 Å². The van der Waals surface area contributed by atoms with Crippen molar-refractivity contribution in [2.45, 2.75) is 37.7 Å². The van der Waals surface area contributed by atoms with E-state index < -0.39 is 34.8 Å². The van der Waals surface area contributed by atoms with E-state index in [0.717, 1.165) is 18.6 Å². The summed E-state index contributed by atoms with van der Waals surface area (Å²) in [6, 6.07) is 1.82. The number of phenols is 3. The SMILES string of the molecule is O=C(OC1(C(=O)O)CCCCC1)c1cc(O)c(O)c(O)c1. The van der Waals surface area contributed by atoms with E-state index in [9.17, 15) is 30.0 Å². The molecular weight excluding hydrogens is 280 g/mol. The number of esters is 1. The normalized spacial score (nSPS) is 17.1. The Balaban J connectivity index is 2.25. The van der Waals surface area contributed by atoms with Crippen molar-refractivity contribution in [2.24, 2.45) is 0 Å². The summed E-state index contributed by atoms with van der Waals surface area (Å²) in [6.45, 7) is 0. The van der Waals surface area contributed by atoms with Crippen molar-refractivity contribution in [1.29, 1.82) is 0 Å². The van der Waals surface area contributed by atoms with Gasteiger partial charge in [-0.25, -0.2) is 9.59 Å². The van der Waals surface area contributed by atoms with Gasteiger partial charge in [0, 0.05) is 0 Å². The van der Waals surface area contributed by atoms with Crippen molar-refractivity contribution >= 4 is 11.9 Å². The van der Waals surface area contributed by atoms with Crippen LogP contribution in [0.3, 0.4) is 0 Å². The zero-order valence-electron chi connectivity index (χ0n) is 11.2. The van der Waals surface area contributed by atoms with Crippen molar-refractivity contribution < 1.29 is 34.8 Å². The third-order valence-corrected chi connectivity index (χ3v) is 3.64. The van der Waals surface area contributed by atoms with Gasteiger partial charge in [-0.05, 0) is 37.8 Å². The second-order valence-electron chi connectivity index (χ2n) is 5.11. The van der Waals surface area contributed by atoms with Crippen molar-refractivity contribution in [1.82, 2.24) is 0 Å². The zero-order valence-corrected chi connectivity index (χ0v) is 11.2. The largest absolute Gasteiger partial charge is 0.504 e. The highest BCUT2D eigenvalue weighted by molar-refractivity contribution is 5.93. The van der Waals surface area contributed by atoms with Crippen LogP contribution in [-0.4, -0.2) is 38.0 Å². The highest BCUT2D eigenvalue weighted by Gasteiger charge is 2.43. The summed E-state index contributed by atoms with van der Waals surface area (Å²) in [7, 11) is 0. The lowest BCUT2D eigenvalue weighted by Crippen LogP contribution is -2.45. The van der Waals surface area contributed by atoms with Crippen LogP contribution in [0, 0.1) is 0 Å². The smallest absolute Gasteiger partial charge is 0.348 e. The number of carbonyl (C=O) groups is 2. The third-order valence-electron chi connectivity index (χ3n) is 3.64. The number of carboxylic acids is 1. The maximum Gasteiger partial charge on any atom is 0.348 e. The van der Waals surface area contributed by atoms with Gasteiger partial charge in [-0.1, -0.05) is 6.42 Å². The molecule has 1 fully saturated rings. The molecule has 4 N–H and O–H groups in total. The molecule has 0 saturated heterocycles. The molecule has 1 saturated carbocycles. The maximum atomic E-state index is 12.0. The summed E-state index contributed by atoms with van der Waals surface area (Å²) < 4.78 is 5.13. The van der Waals surface area contributed by atoms with Crippen LogP contribution in [0.1, 0.15) is 42.5 Å². The average Bonchev–Trinajstić information content (AvgIpc) is 2.45. The van der Waals surface area contributed by atoms with E-state index in [2.05, 4.69) is 0 Å². The summed E-state index contributed by atoms with van der Waals surface area (Å²) in [5.41, 5.74) is -1.80. The Labute approximate surface area is 120 Å². The molecule has 1 aliphatic carbocycles. The van der Waals surface area contributed by atoms with E-state index in [1.165, 1.54) is 0 Å². The molecule has 21 heavy (non-hydrogen) atoms. The van der Waals surface area contributed by atoms with Gasteiger partial charge >= 0.3 is 11.9 Å². The lowest BCUT2D eigenvalue weighted by atomic mass is 9.84. The molecular formula is C14H16O7. The number of rotatable bonds is 3. The maximum absolute atomic E-state index is 12.0. The lowest BCUT2D eigenvalue weighted by molar-refractivity contribution is -0.162. The fourth-order valence-corrected chi connectivity index (χ4v) is 2.44. The standard InChI is InChI=1S/C14H16O7/c15-9-6-8(7-10(16)11(9)17)12(18)21-14(13(19)20)4-2-1-3-5-14/h6-7,15-17H,1-5H2,(H,19,20). The van der Waals surface area contributed by atoms with Gasteiger partial charge < -0.3 is 25.2 Å². The predicted octanol–water partition coefficient (Wildman–Crippen LogP) is 1.75. The predicted molar refractivity (Wildman–Crippen MR) is 70.3 cm³/mol. The van der Waals surface area contributed by atoms with E-state index in [1.807, 2.05) is 0 Å². The molecule has 0 heterocycles. The highest BCUT2D eigenvalue weighted by atomic mass is 16.6. The van der Waals surface area contributed by atoms with Crippen molar-refractivity contribution in [3.05, 3.63) is 17.7 Å². The summed E-state index contributed by atoms with van der Waals surface area (Å²) in [4.78, 5) is 23.5. The number of aromatic hydroxyl groups is 3. The Kier molecular flexibility index (Phi) is 3.93. The molecule has 0 radical (unpaired) electrons. The first kappa shape index (κ1) is 15.0. The fourth-order valence-electron chi connectivity index (χ4n) is 2.44. The quantitative estimate of drug-likeness (QED) is 0.494. The molecule has 0 spiro atoms. The van der Waals surface area contributed by atoms with Gasteiger partial charge in [-0.2, -0.15) is 0 Å². The van der Waals surface area contributed by atoms with Gasteiger partial charge in [0.05, 0.1) is 5.56 Å². The number of hydrogen-bond acceptors (Lipinski definition) is 6. The molecule has 1 aromatic rings. The minimum absolute atomic E-state index is 0.226. The molecule has 0 amide bonds. The van der Waals surface area contributed by atoms with Crippen molar-refractivity contribution in [3.63, 3.8) is 0 Å².